The zero-order valence-corrected chi connectivity index (χ0v) is 12.5. The molecule has 2 rings (SSSR count). The van der Waals surface area contributed by atoms with E-state index in [4.69, 9.17) is 5.26 Å². The second kappa shape index (κ2) is 6.44. The molecule has 0 bridgehead atoms. The van der Waals surface area contributed by atoms with Gasteiger partial charge in [-0.1, -0.05) is 30.3 Å². The van der Waals surface area contributed by atoms with Gasteiger partial charge >= 0.3 is 0 Å². The van der Waals surface area contributed by atoms with Gasteiger partial charge in [-0.15, -0.1) is 0 Å². The van der Waals surface area contributed by atoms with Crippen molar-refractivity contribution in [3.05, 3.63) is 74.6 Å². The normalized spacial score (nSPS) is 10.9. The van der Waals surface area contributed by atoms with Crippen LogP contribution in [0.4, 0.5) is 4.39 Å². The SMILES string of the molecule is N#C/C(=C/c1ccccc1I)C(=O)c1ccccc1F. The third kappa shape index (κ3) is 3.11. The van der Waals surface area contributed by atoms with E-state index in [0.29, 0.717) is 0 Å². The fourth-order valence-corrected chi connectivity index (χ4v) is 2.23. The van der Waals surface area contributed by atoms with Crippen molar-refractivity contribution in [1.29, 1.82) is 5.26 Å². The number of allylic oxidation sites excluding steroid dienone is 1. The molecule has 0 saturated carbocycles. The Balaban J connectivity index is 2.44. The number of hydrogen-bond acceptors (Lipinski definition) is 2. The average molecular weight is 377 g/mol. The molecule has 0 radical (unpaired) electrons. The van der Waals surface area contributed by atoms with E-state index < -0.39 is 11.6 Å². The topological polar surface area (TPSA) is 40.9 Å². The van der Waals surface area contributed by atoms with Crippen molar-refractivity contribution in [3.8, 4) is 6.07 Å². The third-order valence-corrected chi connectivity index (χ3v) is 3.67. The minimum Gasteiger partial charge on any atom is -0.288 e. The molecule has 0 aliphatic heterocycles. The Morgan fingerprint density at radius 3 is 2.45 bits per heavy atom. The first kappa shape index (κ1) is 14.4. The highest BCUT2D eigenvalue weighted by molar-refractivity contribution is 14.1. The van der Waals surface area contributed by atoms with Crippen molar-refractivity contribution in [2.45, 2.75) is 0 Å². The Bertz CT molecular complexity index is 731. The van der Waals surface area contributed by atoms with Gasteiger partial charge in [0.15, 0.2) is 0 Å². The fourth-order valence-electron chi connectivity index (χ4n) is 1.69. The molecule has 2 aromatic carbocycles. The van der Waals surface area contributed by atoms with E-state index in [9.17, 15) is 9.18 Å². The highest BCUT2D eigenvalue weighted by atomic mass is 127. The van der Waals surface area contributed by atoms with Gasteiger partial charge in [-0.05, 0) is 52.4 Å². The van der Waals surface area contributed by atoms with E-state index in [0.717, 1.165) is 9.13 Å². The van der Waals surface area contributed by atoms with Crippen LogP contribution in [-0.4, -0.2) is 5.78 Å². The molecule has 0 saturated heterocycles. The first-order valence-electron chi connectivity index (χ1n) is 5.79. The van der Waals surface area contributed by atoms with Crippen molar-refractivity contribution in [2.24, 2.45) is 0 Å². The zero-order chi connectivity index (χ0) is 14.5. The smallest absolute Gasteiger partial charge is 0.206 e. The summed E-state index contributed by atoms with van der Waals surface area (Å²) in [4.78, 5) is 12.2. The molecule has 0 fully saturated rings. The fraction of sp³-hybridized carbons (Fsp3) is 0. The Labute approximate surface area is 129 Å². The van der Waals surface area contributed by atoms with Gasteiger partial charge in [0.05, 0.1) is 5.56 Å². The number of halogens is 2. The molecule has 2 nitrogen and oxygen atoms in total. The van der Waals surface area contributed by atoms with Gasteiger partial charge in [-0.25, -0.2) is 4.39 Å². The summed E-state index contributed by atoms with van der Waals surface area (Å²) in [5.41, 5.74) is 0.583. The first-order valence-corrected chi connectivity index (χ1v) is 6.87. The lowest BCUT2D eigenvalue weighted by molar-refractivity contribution is 0.103. The summed E-state index contributed by atoms with van der Waals surface area (Å²) >= 11 is 2.12. The van der Waals surface area contributed by atoms with Crippen LogP contribution >= 0.6 is 22.6 Å². The van der Waals surface area contributed by atoms with Crippen LogP contribution in [0.25, 0.3) is 6.08 Å². The van der Waals surface area contributed by atoms with E-state index in [1.54, 1.807) is 12.1 Å². The summed E-state index contributed by atoms with van der Waals surface area (Å²) in [6.07, 6.45) is 1.48. The monoisotopic (exact) mass is 377 g/mol. The molecule has 0 aliphatic carbocycles. The Morgan fingerprint density at radius 1 is 1.15 bits per heavy atom. The maximum Gasteiger partial charge on any atom is 0.206 e. The van der Waals surface area contributed by atoms with Crippen molar-refractivity contribution in [1.82, 2.24) is 0 Å². The van der Waals surface area contributed by atoms with Crippen molar-refractivity contribution in [3.63, 3.8) is 0 Å². The molecule has 2 aromatic rings. The predicted octanol–water partition coefficient (Wildman–Crippen LogP) is 4.22. The molecule has 0 spiro atoms. The number of benzene rings is 2. The number of hydrogen-bond donors (Lipinski definition) is 0. The van der Waals surface area contributed by atoms with Gasteiger partial charge in [0.25, 0.3) is 0 Å². The van der Waals surface area contributed by atoms with E-state index in [1.165, 1.54) is 24.3 Å². The number of rotatable bonds is 3. The number of carbonyl (C=O) groups is 1. The lowest BCUT2D eigenvalue weighted by Crippen LogP contribution is -2.04. The van der Waals surface area contributed by atoms with Crippen molar-refractivity contribution < 1.29 is 9.18 Å². The van der Waals surface area contributed by atoms with Crippen LogP contribution < -0.4 is 0 Å². The molecule has 0 aliphatic rings. The lowest BCUT2D eigenvalue weighted by atomic mass is 10.0. The average Bonchev–Trinajstić information content (AvgIpc) is 2.46. The molecular weight excluding hydrogens is 368 g/mol. The van der Waals surface area contributed by atoms with Crippen molar-refractivity contribution in [2.75, 3.05) is 0 Å². The minimum absolute atomic E-state index is 0.0841. The summed E-state index contributed by atoms with van der Waals surface area (Å²) in [6.45, 7) is 0. The van der Waals surface area contributed by atoms with Crippen LogP contribution in [0.2, 0.25) is 0 Å². The largest absolute Gasteiger partial charge is 0.288 e. The summed E-state index contributed by atoms with van der Waals surface area (Å²) in [6, 6.07) is 14.8. The highest BCUT2D eigenvalue weighted by Gasteiger charge is 2.16. The number of ketones is 1. The summed E-state index contributed by atoms with van der Waals surface area (Å²) in [5, 5.41) is 9.14. The van der Waals surface area contributed by atoms with Gasteiger partial charge in [0.2, 0.25) is 5.78 Å². The maximum atomic E-state index is 13.6. The van der Waals surface area contributed by atoms with Gasteiger partial charge in [-0.2, -0.15) is 5.26 Å². The maximum absolute atomic E-state index is 13.6. The molecule has 0 amide bonds. The lowest BCUT2D eigenvalue weighted by Gasteiger charge is -2.02. The molecule has 4 heteroatoms. The van der Waals surface area contributed by atoms with E-state index >= 15 is 0 Å². The number of nitrogens with zero attached hydrogens (tertiary/aromatic N) is 1. The molecular formula is C16H9FINO. The van der Waals surface area contributed by atoms with Gasteiger partial charge in [-0.3, -0.25) is 4.79 Å². The van der Waals surface area contributed by atoms with Crippen LogP contribution in [-0.2, 0) is 0 Å². The third-order valence-electron chi connectivity index (χ3n) is 2.69. The molecule has 20 heavy (non-hydrogen) atoms. The number of Topliss-reactive ketones (excluding diaryl/α,β-unsaturated/α-hetero) is 1. The van der Waals surface area contributed by atoms with Crippen LogP contribution in [0.15, 0.2) is 54.1 Å². The van der Waals surface area contributed by atoms with Crippen LogP contribution in [0.5, 0.6) is 0 Å². The van der Waals surface area contributed by atoms with Crippen LogP contribution in [0.1, 0.15) is 15.9 Å². The molecule has 98 valence electrons. The van der Waals surface area contributed by atoms with E-state index in [-0.39, 0.29) is 11.1 Å². The second-order valence-electron chi connectivity index (χ2n) is 4.00. The summed E-state index contributed by atoms with van der Waals surface area (Å²) in [5.74, 6) is -1.23. The van der Waals surface area contributed by atoms with E-state index in [1.807, 2.05) is 24.3 Å². The summed E-state index contributed by atoms with van der Waals surface area (Å²) in [7, 11) is 0. The molecule has 0 aromatic heterocycles. The van der Waals surface area contributed by atoms with Gasteiger partial charge in [0, 0.05) is 3.57 Å². The van der Waals surface area contributed by atoms with Gasteiger partial charge < -0.3 is 0 Å². The second-order valence-corrected chi connectivity index (χ2v) is 5.16. The standard InChI is InChI=1S/C16H9FINO/c17-14-7-3-2-6-13(14)16(20)12(10-19)9-11-5-1-4-8-15(11)18/h1-9H/b12-9-. The molecule has 0 atom stereocenters. The molecule has 0 unspecified atom stereocenters. The molecule has 0 N–H and O–H groups in total. The quantitative estimate of drug-likeness (QED) is 0.348. The van der Waals surface area contributed by atoms with Gasteiger partial charge in [0.1, 0.15) is 17.5 Å². The predicted molar refractivity (Wildman–Crippen MR) is 83.5 cm³/mol. The minimum atomic E-state index is -0.624. The Kier molecular flexibility index (Phi) is 4.64. The number of nitriles is 1. The Hall–Kier alpha value is -2.00. The number of carbonyl (C=O) groups excluding carboxylic acids is 1. The highest BCUT2D eigenvalue weighted by Crippen LogP contribution is 2.18. The van der Waals surface area contributed by atoms with Crippen molar-refractivity contribution >= 4 is 34.5 Å². The first-order chi connectivity index (χ1) is 9.63. The zero-order valence-electron chi connectivity index (χ0n) is 10.3. The van der Waals surface area contributed by atoms with E-state index in [2.05, 4.69) is 22.6 Å². The molecule has 0 heterocycles. The Morgan fingerprint density at radius 2 is 1.80 bits per heavy atom. The summed E-state index contributed by atoms with van der Waals surface area (Å²) < 4.78 is 14.5. The van der Waals surface area contributed by atoms with Crippen LogP contribution in [0, 0.1) is 20.7 Å². The van der Waals surface area contributed by atoms with Crippen LogP contribution in [0.3, 0.4) is 0 Å².